The summed E-state index contributed by atoms with van der Waals surface area (Å²) in [5, 5.41) is 9.35. The van der Waals surface area contributed by atoms with Crippen molar-refractivity contribution in [2.24, 2.45) is 0 Å². The largest absolute Gasteiger partial charge is 0.455 e. The summed E-state index contributed by atoms with van der Waals surface area (Å²) in [4.78, 5) is 10.2. The predicted octanol–water partition coefficient (Wildman–Crippen LogP) is 13.7. The van der Waals surface area contributed by atoms with Gasteiger partial charge in [0, 0.05) is 32.7 Å². The van der Waals surface area contributed by atoms with Crippen LogP contribution in [0.25, 0.3) is 110 Å². The number of rotatable bonds is 4. The van der Waals surface area contributed by atoms with E-state index in [2.05, 4.69) is 164 Å². The summed E-state index contributed by atoms with van der Waals surface area (Å²) in [5.41, 5.74) is 12.6. The quantitative estimate of drug-likeness (QED) is 0.174. The number of furan rings is 1. The molecule has 0 aliphatic rings. The van der Waals surface area contributed by atoms with E-state index in [1.807, 2.05) is 18.3 Å². The van der Waals surface area contributed by atoms with Crippen molar-refractivity contribution in [1.82, 2.24) is 9.97 Å². The van der Waals surface area contributed by atoms with Gasteiger partial charge in [0.25, 0.3) is 0 Å². The van der Waals surface area contributed by atoms with Gasteiger partial charge in [0.15, 0.2) is 0 Å². The standard InChI is InChI=1S/C50H30N2O/c1-3-14-43-40(11-1)41-12-2-4-15-44(41)49-48(43)51-30-46(52-49)38-10-7-9-33(29-38)31-19-21-32(22-20-31)34-23-24-36-28-37(26-25-35(36)27-34)39-16-8-17-45-42-13-5-6-18-47(42)53-50(39)45/h1-30H. The fourth-order valence-corrected chi connectivity index (χ4v) is 8.04. The highest BCUT2D eigenvalue weighted by Crippen LogP contribution is 2.38. The van der Waals surface area contributed by atoms with Gasteiger partial charge in [-0.15, -0.1) is 0 Å². The second kappa shape index (κ2) is 11.7. The Kier molecular flexibility index (Phi) is 6.55. The molecule has 0 aliphatic heterocycles. The summed E-state index contributed by atoms with van der Waals surface area (Å²) < 4.78 is 6.33. The molecule has 0 bridgehead atoms. The molecule has 0 aliphatic carbocycles. The van der Waals surface area contributed by atoms with Crippen molar-refractivity contribution in [2.45, 2.75) is 0 Å². The van der Waals surface area contributed by atoms with Gasteiger partial charge < -0.3 is 4.42 Å². The first-order valence-electron chi connectivity index (χ1n) is 18.0. The van der Waals surface area contributed by atoms with Gasteiger partial charge in [-0.1, -0.05) is 152 Å². The SMILES string of the molecule is c1cc(-c2ccc(-c3ccc4cc(-c5cccc6c5oc5ccccc56)ccc4c3)cc2)cc(-c2cnc3c4ccccc4c4ccccc4c3n2)c1. The first-order valence-corrected chi connectivity index (χ1v) is 18.0. The smallest absolute Gasteiger partial charge is 0.143 e. The van der Waals surface area contributed by atoms with Gasteiger partial charge in [-0.3, -0.25) is 4.98 Å². The van der Waals surface area contributed by atoms with Crippen LogP contribution in [0, 0.1) is 0 Å². The molecular formula is C50H30N2O. The van der Waals surface area contributed by atoms with Crippen molar-refractivity contribution in [3.05, 3.63) is 182 Å². The normalized spacial score (nSPS) is 11.8. The molecule has 9 aromatic carbocycles. The number of fused-ring (bicyclic) bond motifs is 10. The molecule has 3 heteroatoms. The highest BCUT2D eigenvalue weighted by molar-refractivity contribution is 6.23. The van der Waals surface area contributed by atoms with E-state index >= 15 is 0 Å². The van der Waals surface area contributed by atoms with Crippen molar-refractivity contribution < 1.29 is 4.42 Å². The van der Waals surface area contributed by atoms with Crippen molar-refractivity contribution in [1.29, 1.82) is 0 Å². The van der Waals surface area contributed by atoms with Crippen LogP contribution in [0.1, 0.15) is 0 Å². The lowest BCUT2D eigenvalue weighted by Crippen LogP contribution is -1.92. The summed E-state index contributed by atoms with van der Waals surface area (Å²) >= 11 is 0. The molecule has 0 saturated carbocycles. The Bertz CT molecular complexity index is 3190. The number of hydrogen-bond donors (Lipinski definition) is 0. The van der Waals surface area contributed by atoms with Crippen molar-refractivity contribution >= 4 is 65.3 Å². The van der Waals surface area contributed by atoms with Gasteiger partial charge in [0.1, 0.15) is 11.2 Å². The lowest BCUT2D eigenvalue weighted by atomic mass is 9.95. The van der Waals surface area contributed by atoms with Crippen LogP contribution >= 0.6 is 0 Å². The van der Waals surface area contributed by atoms with E-state index in [0.717, 1.165) is 77.3 Å². The molecule has 246 valence electrons. The van der Waals surface area contributed by atoms with Crippen LogP contribution in [0.5, 0.6) is 0 Å². The summed E-state index contributed by atoms with van der Waals surface area (Å²) in [6.45, 7) is 0. The van der Waals surface area contributed by atoms with Crippen molar-refractivity contribution in [3.8, 4) is 44.6 Å². The van der Waals surface area contributed by atoms with Crippen LogP contribution < -0.4 is 0 Å². The minimum Gasteiger partial charge on any atom is -0.455 e. The molecule has 0 radical (unpaired) electrons. The maximum Gasteiger partial charge on any atom is 0.143 e. The Morgan fingerprint density at radius 1 is 0.358 bits per heavy atom. The Morgan fingerprint density at radius 2 is 0.906 bits per heavy atom. The number of nitrogens with zero attached hydrogens (tertiary/aromatic N) is 2. The predicted molar refractivity (Wildman–Crippen MR) is 221 cm³/mol. The summed E-state index contributed by atoms with van der Waals surface area (Å²) in [5.74, 6) is 0. The van der Waals surface area contributed by atoms with Gasteiger partial charge >= 0.3 is 0 Å². The zero-order chi connectivity index (χ0) is 34.9. The second-order valence-corrected chi connectivity index (χ2v) is 13.8. The van der Waals surface area contributed by atoms with Gasteiger partial charge in [0.2, 0.25) is 0 Å². The lowest BCUT2D eigenvalue weighted by Gasteiger charge is -2.11. The van der Waals surface area contributed by atoms with Crippen LogP contribution in [-0.4, -0.2) is 9.97 Å². The van der Waals surface area contributed by atoms with E-state index in [4.69, 9.17) is 14.4 Å². The molecule has 0 fully saturated rings. The molecule has 2 heterocycles. The van der Waals surface area contributed by atoms with Gasteiger partial charge in [0.05, 0.1) is 22.9 Å². The molecule has 0 N–H and O–H groups in total. The maximum absolute atomic E-state index is 6.33. The average Bonchev–Trinajstić information content (AvgIpc) is 3.62. The topological polar surface area (TPSA) is 38.9 Å². The summed E-state index contributed by atoms with van der Waals surface area (Å²) in [6, 6.07) is 62.5. The van der Waals surface area contributed by atoms with Gasteiger partial charge in [-0.25, -0.2) is 4.98 Å². The van der Waals surface area contributed by atoms with Crippen LogP contribution in [0.2, 0.25) is 0 Å². The molecule has 0 unspecified atom stereocenters. The molecule has 2 aromatic heterocycles. The Balaban J connectivity index is 0.904. The Morgan fingerprint density at radius 3 is 1.66 bits per heavy atom. The lowest BCUT2D eigenvalue weighted by molar-refractivity contribution is 0.670. The van der Waals surface area contributed by atoms with Gasteiger partial charge in [-0.2, -0.15) is 0 Å². The zero-order valence-electron chi connectivity index (χ0n) is 28.6. The number of aromatic nitrogens is 2. The maximum atomic E-state index is 6.33. The van der Waals surface area contributed by atoms with Gasteiger partial charge in [-0.05, 0) is 73.6 Å². The molecule has 0 amide bonds. The molecule has 0 atom stereocenters. The van der Waals surface area contributed by atoms with E-state index in [1.165, 1.54) is 32.7 Å². The number of hydrogen-bond acceptors (Lipinski definition) is 3. The molecule has 0 saturated heterocycles. The fourth-order valence-electron chi connectivity index (χ4n) is 8.04. The number of para-hydroxylation sites is 2. The van der Waals surface area contributed by atoms with Crippen LogP contribution in [0.4, 0.5) is 0 Å². The Labute approximate surface area is 305 Å². The van der Waals surface area contributed by atoms with Crippen molar-refractivity contribution in [3.63, 3.8) is 0 Å². The zero-order valence-corrected chi connectivity index (χ0v) is 28.6. The molecular weight excluding hydrogens is 645 g/mol. The molecule has 0 spiro atoms. The highest BCUT2D eigenvalue weighted by atomic mass is 16.3. The van der Waals surface area contributed by atoms with Crippen LogP contribution in [-0.2, 0) is 0 Å². The molecule has 11 rings (SSSR count). The Hall–Kier alpha value is -7.10. The van der Waals surface area contributed by atoms with Crippen molar-refractivity contribution in [2.75, 3.05) is 0 Å². The summed E-state index contributed by atoms with van der Waals surface area (Å²) in [7, 11) is 0. The fraction of sp³-hybridized carbons (Fsp3) is 0. The minimum atomic E-state index is 0.866. The number of benzene rings is 9. The highest BCUT2D eigenvalue weighted by Gasteiger charge is 2.14. The average molecular weight is 675 g/mol. The van der Waals surface area contributed by atoms with Crippen LogP contribution in [0.15, 0.2) is 187 Å². The first-order chi connectivity index (χ1) is 26.2. The minimum absolute atomic E-state index is 0.866. The second-order valence-electron chi connectivity index (χ2n) is 13.8. The first kappa shape index (κ1) is 29.6. The third-order valence-corrected chi connectivity index (χ3v) is 10.7. The van der Waals surface area contributed by atoms with E-state index in [1.54, 1.807) is 0 Å². The van der Waals surface area contributed by atoms with E-state index in [9.17, 15) is 0 Å². The van der Waals surface area contributed by atoms with E-state index in [-0.39, 0.29) is 0 Å². The van der Waals surface area contributed by atoms with E-state index in [0.29, 0.717) is 0 Å². The van der Waals surface area contributed by atoms with E-state index < -0.39 is 0 Å². The third-order valence-electron chi connectivity index (χ3n) is 10.7. The molecule has 3 nitrogen and oxygen atoms in total. The monoisotopic (exact) mass is 674 g/mol. The van der Waals surface area contributed by atoms with Crippen LogP contribution in [0.3, 0.4) is 0 Å². The third kappa shape index (κ3) is 4.82. The molecule has 11 aromatic rings. The summed E-state index contributed by atoms with van der Waals surface area (Å²) in [6.07, 6.45) is 1.91. The molecule has 53 heavy (non-hydrogen) atoms.